The maximum absolute atomic E-state index is 13.5. The summed E-state index contributed by atoms with van der Waals surface area (Å²) in [5.74, 6) is 0.252. The molecule has 4 amide bonds. The molecule has 0 bridgehead atoms. The Hall–Kier alpha value is -5.69. The molecule has 4 aliphatic heterocycles. The molecule has 4 aromatic carbocycles. The quantitative estimate of drug-likeness (QED) is 0.0749. The first kappa shape index (κ1) is 43.0. The Morgan fingerprint density at radius 3 is 1.97 bits per heavy atom. The number of halogens is 1. The topological polar surface area (TPSA) is 143 Å². The van der Waals surface area contributed by atoms with Crippen LogP contribution in [0.2, 0.25) is 0 Å². The zero-order chi connectivity index (χ0) is 43.5. The minimum Gasteiger partial charge on any atom is -0.508 e. The summed E-state index contributed by atoms with van der Waals surface area (Å²) < 4.78 is 6.25. The zero-order valence-electron chi connectivity index (χ0n) is 35.3. The minimum atomic E-state index is -0.978. The highest BCUT2D eigenvalue weighted by atomic mass is 35.5. The number of ether oxygens (including phenoxy) is 1. The monoisotopic (exact) mass is 859 g/mol. The van der Waals surface area contributed by atoms with E-state index in [4.69, 9.17) is 16.3 Å². The van der Waals surface area contributed by atoms with Gasteiger partial charge in [-0.05, 0) is 141 Å². The molecule has 0 aromatic heterocycles. The molecule has 3 N–H and O–H groups in total. The highest BCUT2D eigenvalue weighted by Crippen LogP contribution is 2.37. The number of phenols is 2. The first-order valence-corrected chi connectivity index (χ1v) is 22.2. The molecule has 12 nitrogen and oxygen atoms in total. The SMILES string of the molecule is CC1CN(c2ccc3c(c2)C(=O)N(C2CCC(=O)NC2=O)C3=O)CC(C)N1CC1CCN(CCOc2ccc(C(=C(CCCl)c3ccc(O)cc3)c3ccc(O)cc3)cc2)CC1. The van der Waals surface area contributed by atoms with Crippen LogP contribution in [0, 0.1) is 5.92 Å². The van der Waals surface area contributed by atoms with E-state index in [-0.39, 0.29) is 36.4 Å². The molecular weight excluding hydrogens is 806 g/mol. The molecule has 3 fully saturated rings. The molecule has 8 rings (SSSR count). The van der Waals surface area contributed by atoms with Crippen molar-refractivity contribution in [2.75, 3.05) is 56.7 Å². The number of nitrogens with one attached hydrogen (secondary N) is 1. The highest BCUT2D eigenvalue weighted by molar-refractivity contribution is 6.23. The van der Waals surface area contributed by atoms with E-state index < -0.39 is 29.7 Å². The number of piperidine rings is 2. The molecule has 3 saturated heterocycles. The number of anilines is 1. The number of fused-ring (bicyclic) bond motifs is 1. The largest absolute Gasteiger partial charge is 0.508 e. The number of alkyl halides is 1. The molecule has 3 unspecified atom stereocenters. The number of hydrogen-bond acceptors (Lipinski definition) is 10. The summed E-state index contributed by atoms with van der Waals surface area (Å²) in [6.45, 7) is 10.6. The van der Waals surface area contributed by atoms with Crippen LogP contribution in [0.5, 0.6) is 17.2 Å². The van der Waals surface area contributed by atoms with E-state index in [9.17, 15) is 29.4 Å². The van der Waals surface area contributed by atoms with Crippen LogP contribution >= 0.6 is 11.6 Å². The number of carbonyl (C=O) groups is 4. The summed E-state index contributed by atoms with van der Waals surface area (Å²) in [5.41, 5.74) is 6.47. The summed E-state index contributed by atoms with van der Waals surface area (Å²) in [6.07, 6.45) is 3.09. The molecule has 13 heteroatoms. The number of likely N-dealkylation sites (tertiary alicyclic amines) is 1. The van der Waals surface area contributed by atoms with Crippen LogP contribution in [0.1, 0.15) is 83.4 Å². The normalized spacial score (nSPS) is 21.8. The number of benzene rings is 4. The molecule has 3 atom stereocenters. The molecule has 0 radical (unpaired) electrons. The number of imide groups is 2. The number of nitrogens with zero attached hydrogens (tertiary/aromatic N) is 4. The van der Waals surface area contributed by atoms with Crippen molar-refractivity contribution in [1.82, 2.24) is 20.0 Å². The standard InChI is InChI=1S/C49H54ClN5O7/c1-31-28-53(37-9-16-42-43(27-37)49(61)55(48(42)60)44-17-18-45(58)51-47(44)59)29-32(2)54(31)30-33-20-23-52(24-21-33)25-26-62-40-14-7-36(8-15-40)46(35-5-12-39(57)13-6-35)41(19-22-50)34-3-10-38(56)11-4-34/h3-16,27,31-33,44,56-57H,17-26,28-30H2,1-2H3,(H,51,58,59). The van der Waals surface area contributed by atoms with E-state index in [1.54, 1.807) is 36.4 Å². The van der Waals surface area contributed by atoms with Crippen molar-refractivity contribution in [1.29, 1.82) is 0 Å². The molecule has 4 aromatic rings. The van der Waals surface area contributed by atoms with Gasteiger partial charge in [0.1, 0.15) is 29.9 Å². The number of rotatable bonds is 13. The third-order valence-corrected chi connectivity index (χ3v) is 13.1. The van der Waals surface area contributed by atoms with Gasteiger partial charge in [0.2, 0.25) is 11.8 Å². The van der Waals surface area contributed by atoms with Crippen molar-refractivity contribution in [2.24, 2.45) is 5.92 Å². The van der Waals surface area contributed by atoms with Gasteiger partial charge in [-0.25, -0.2) is 0 Å². The van der Waals surface area contributed by atoms with Gasteiger partial charge in [-0.2, -0.15) is 0 Å². The number of allylic oxidation sites excluding steroid dienone is 1. The molecular formula is C49H54ClN5O7. The van der Waals surface area contributed by atoms with Crippen LogP contribution in [0.25, 0.3) is 11.1 Å². The fourth-order valence-corrected chi connectivity index (χ4v) is 9.79. The van der Waals surface area contributed by atoms with Crippen molar-refractivity contribution in [3.05, 3.63) is 119 Å². The van der Waals surface area contributed by atoms with Crippen molar-refractivity contribution < 1.29 is 34.1 Å². The summed E-state index contributed by atoms with van der Waals surface area (Å²) in [5, 5.41) is 22.2. The van der Waals surface area contributed by atoms with Gasteiger partial charge in [-0.15, -0.1) is 11.6 Å². The predicted octanol–water partition coefficient (Wildman–Crippen LogP) is 6.78. The van der Waals surface area contributed by atoms with Gasteiger partial charge < -0.3 is 19.8 Å². The van der Waals surface area contributed by atoms with Gasteiger partial charge in [0, 0.05) is 56.3 Å². The summed E-state index contributed by atoms with van der Waals surface area (Å²) in [4.78, 5) is 59.3. The third kappa shape index (κ3) is 9.23. The Kier molecular flexibility index (Phi) is 13.0. The Morgan fingerprint density at radius 2 is 1.35 bits per heavy atom. The van der Waals surface area contributed by atoms with E-state index in [2.05, 4.69) is 46.0 Å². The number of amides is 4. The van der Waals surface area contributed by atoms with E-state index in [0.29, 0.717) is 36.0 Å². The smallest absolute Gasteiger partial charge is 0.262 e. The van der Waals surface area contributed by atoms with E-state index in [1.165, 1.54) is 0 Å². The number of phenolic OH excluding ortho intramolecular Hbond substituents is 2. The van der Waals surface area contributed by atoms with Crippen molar-refractivity contribution in [3.63, 3.8) is 0 Å². The van der Waals surface area contributed by atoms with E-state index in [1.807, 2.05) is 42.5 Å². The Balaban J connectivity index is 0.823. The zero-order valence-corrected chi connectivity index (χ0v) is 36.0. The van der Waals surface area contributed by atoms with Crippen LogP contribution in [0.3, 0.4) is 0 Å². The lowest BCUT2D eigenvalue weighted by atomic mass is 9.88. The molecule has 0 aliphatic carbocycles. The van der Waals surface area contributed by atoms with Gasteiger partial charge in [-0.1, -0.05) is 36.4 Å². The maximum Gasteiger partial charge on any atom is 0.262 e. The Labute approximate surface area is 367 Å². The maximum atomic E-state index is 13.5. The van der Waals surface area contributed by atoms with Gasteiger partial charge in [0.05, 0.1) is 11.1 Å². The van der Waals surface area contributed by atoms with Crippen LogP contribution in [0.15, 0.2) is 91.0 Å². The lowest BCUT2D eigenvalue weighted by Gasteiger charge is -2.47. The number of carbonyl (C=O) groups excluding carboxylic acids is 4. The number of hydrogen-bond donors (Lipinski definition) is 3. The first-order valence-electron chi connectivity index (χ1n) is 21.7. The van der Waals surface area contributed by atoms with Gasteiger partial charge in [0.15, 0.2) is 0 Å². The average Bonchev–Trinajstić information content (AvgIpc) is 3.51. The second kappa shape index (κ2) is 18.7. The van der Waals surface area contributed by atoms with Crippen molar-refractivity contribution in [3.8, 4) is 17.2 Å². The lowest BCUT2D eigenvalue weighted by Crippen LogP contribution is -2.58. The number of piperazine rings is 1. The van der Waals surface area contributed by atoms with Crippen LogP contribution in [-0.4, -0.2) is 118 Å². The fraction of sp³-hybridized carbons (Fsp3) is 0.388. The third-order valence-electron chi connectivity index (χ3n) is 12.9. The van der Waals surface area contributed by atoms with Crippen molar-refractivity contribution >= 4 is 52.1 Å². The minimum absolute atomic E-state index is 0.0904. The van der Waals surface area contributed by atoms with Gasteiger partial charge in [0.25, 0.3) is 11.8 Å². The molecule has 324 valence electrons. The average molecular weight is 860 g/mol. The first-order chi connectivity index (χ1) is 30.0. The van der Waals surface area contributed by atoms with E-state index >= 15 is 0 Å². The van der Waals surface area contributed by atoms with Crippen LogP contribution in [-0.2, 0) is 9.59 Å². The second-order valence-corrected chi connectivity index (χ2v) is 17.4. The van der Waals surface area contributed by atoms with Gasteiger partial charge >= 0.3 is 0 Å². The second-order valence-electron chi connectivity index (χ2n) is 17.0. The van der Waals surface area contributed by atoms with Crippen LogP contribution in [0.4, 0.5) is 5.69 Å². The molecule has 4 aliphatic rings. The highest BCUT2D eigenvalue weighted by Gasteiger charge is 2.45. The molecule has 0 saturated carbocycles. The Morgan fingerprint density at radius 1 is 0.758 bits per heavy atom. The number of aromatic hydroxyl groups is 2. The summed E-state index contributed by atoms with van der Waals surface area (Å²) in [7, 11) is 0. The summed E-state index contributed by atoms with van der Waals surface area (Å²) >= 11 is 6.32. The molecule has 4 heterocycles. The van der Waals surface area contributed by atoms with Crippen LogP contribution < -0.4 is 15.0 Å². The predicted molar refractivity (Wildman–Crippen MR) is 240 cm³/mol. The lowest BCUT2D eigenvalue weighted by molar-refractivity contribution is -0.136. The molecule has 0 spiro atoms. The molecule has 62 heavy (non-hydrogen) atoms. The fourth-order valence-electron chi connectivity index (χ4n) is 9.60. The van der Waals surface area contributed by atoms with Crippen molar-refractivity contribution in [2.45, 2.75) is 64.1 Å². The Bertz CT molecular complexity index is 2310. The van der Waals surface area contributed by atoms with E-state index in [0.717, 1.165) is 96.3 Å². The van der Waals surface area contributed by atoms with Gasteiger partial charge in [-0.3, -0.25) is 39.2 Å². The summed E-state index contributed by atoms with van der Waals surface area (Å²) in [6, 6.07) is 27.5.